The fourth-order valence-electron chi connectivity index (χ4n) is 2.97. The van der Waals surface area contributed by atoms with Gasteiger partial charge in [0, 0.05) is 18.2 Å². The van der Waals surface area contributed by atoms with Crippen LogP contribution in [0.15, 0.2) is 66.7 Å². The second-order valence-electron chi connectivity index (χ2n) is 6.42. The lowest BCUT2D eigenvalue weighted by Gasteiger charge is -2.16. The van der Waals surface area contributed by atoms with Gasteiger partial charge >= 0.3 is 0 Å². The van der Waals surface area contributed by atoms with Crippen molar-refractivity contribution in [3.05, 3.63) is 83.7 Å². The molecule has 0 amide bonds. The Labute approximate surface area is 159 Å². The lowest BCUT2D eigenvalue weighted by atomic mass is 10.0. The Morgan fingerprint density at radius 1 is 0.889 bits per heavy atom. The van der Waals surface area contributed by atoms with E-state index < -0.39 is 0 Å². The number of hydrogen-bond acceptors (Lipinski definition) is 3. The van der Waals surface area contributed by atoms with Crippen molar-refractivity contribution in [1.82, 2.24) is 5.32 Å². The van der Waals surface area contributed by atoms with Crippen LogP contribution in [0.3, 0.4) is 0 Å². The lowest BCUT2D eigenvalue weighted by molar-refractivity contribution is 0.413. The fourth-order valence-corrected chi connectivity index (χ4v) is 2.97. The highest BCUT2D eigenvalue weighted by Crippen LogP contribution is 2.26. The summed E-state index contributed by atoms with van der Waals surface area (Å²) >= 11 is 0. The minimum atomic E-state index is -0.232. The number of hydrogen-bond donors (Lipinski definition) is 1. The van der Waals surface area contributed by atoms with E-state index in [1.54, 1.807) is 14.2 Å². The van der Waals surface area contributed by atoms with E-state index in [0.29, 0.717) is 12.1 Å². The standard InChI is InChI=1S/C23H24FNO2/c1-16(19-5-4-6-21(14-19)27-3)25-15-17-7-12-23(24)22(13-17)18-8-10-20(26-2)11-9-18/h4-14,16,25H,15H2,1-3H3. The largest absolute Gasteiger partial charge is 0.497 e. The van der Waals surface area contributed by atoms with Crippen LogP contribution in [-0.4, -0.2) is 14.2 Å². The zero-order valence-electron chi connectivity index (χ0n) is 15.8. The molecule has 3 rings (SSSR count). The number of rotatable bonds is 7. The Balaban J connectivity index is 1.73. The van der Waals surface area contributed by atoms with E-state index in [2.05, 4.69) is 18.3 Å². The molecule has 0 spiro atoms. The van der Waals surface area contributed by atoms with Gasteiger partial charge in [-0.1, -0.05) is 30.3 Å². The second-order valence-corrected chi connectivity index (χ2v) is 6.42. The Morgan fingerprint density at radius 3 is 2.33 bits per heavy atom. The smallest absolute Gasteiger partial charge is 0.131 e. The Morgan fingerprint density at radius 2 is 1.63 bits per heavy atom. The first-order valence-electron chi connectivity index (χ1n) is 8.91. The molecule has 3 nitrogen and oxygen atoms in total. The molecule has 0 saturated carbocycles. The summed E-state index contributed by atoms with van der Waals surface area (Å²) in [6, 6.07) is 20.8. The maximum absolute atomic E-state index is 14.3. The molecule has 0 saturated heterocycles. The molecule has 0 radical (unpaired) electrons. The molecule has 27 heavy (non-hydrogen) atoms. The van der Waals surface area contributed by atoms with Crippen molar-refractivity contribution in [2.24, 2.45) is 0 Å². The zero-order chi connectivity index (χ0) is 19.2. The number of ether oxygens (including phenoxy) is 2. The van der Waals surface area contributed by atoms with Gasteiger partial charge < -0.3 is 14.8 Å². The highest BCUT2D eigenvalue weighted by molar-refractivity contribution is 5.65. The second kappa shape index (κ2) is 8.69. The normalized spacial score (nSPS) is 11.9. The van der Waals surface area contributed by atoms with Crippen LogP contribution in [0.5, 0.6) is 11.5 Å². The van der Waals surface area contributed by atoms with Crippen LogP contribution in [0.4, 0.5) is 4.39 Å². The Hall–Kier alpha value is -2.85. The minimum Gasteiger partial charge on any atom is -0.497 e. The zero-order valence-corrected chi connectivity index (χ0v) is 15.8. The average Bonchev–Trinajstić information content (AvgIpc) is 2.73. The maximum atomic E-state index is 14.3. The van der Waals surface area contributed by atoms with Gasteiger partial charge in [-0.15, -0.1) is 0 Å². The van der Waals surface area contributed by atoms with Crippen LogP contribution >= 0.6 is 0 Å². The van der Waals surface area contributed by atoms with E-state index in [1.807, 2.05) is 54.6 Å². The molecule has 140 valence electrons. The maximum Gasteiger partial charge on any atom is 0.131 e. The number of nitrogens with one attached hydrogen (secondary N) is 1. The van der Waals surface area contributed by atoms with Crippen molar-refractivity contribution in [1.29, 1.82) is 0 Å². The van der Waals surface area contributed by atoms with E-state index in [-0.39, 0.29) is 11.9 Å². The lowest BCUT2D eigenvalue weighted by Crippen LogP contribution is -2.18. The van der Waals surface area contributed by atoms with Gasteiger partial charge in [-0.2, -0.15) is 0 Å². The van der Waals surface area contributed by atoms with Gasteiger partial charge in [0.15, 0.2) is 0 Å². The van der Waals surface area contributed by atoms with Crippen LogP contribution in [0.2, 0.25) is 0 Å². The molecule has 1 unspecified atom stereocenters. The first-order chi connectivity index (χ1) is 13.1. The third-order valence-corrected chi connectivity index (χ3v) is 4.64. The van der Waals surface area contributed by atoms with Gasteiger partial charge in [0.1, 0.15) is 17.3 Å². The molecule has 4 heteroatoms. The first kappa shape index (κ1) is 18.9. The van der Waals surface area contributed by atoms with Gasteiger partial charge in [0.25, 0.3) is 0 Å². The minimum absolute atomic E-state index is 0.148. The van der Waals surface area contributed by atoms with Crippen molar-refractivity contribution in [3.8, 4) is 22.6 Å². The predicted molar refractivity (Wildman–Crippen MR) is 107 cm³/mol. The quantitative estimate of drug-likeness (QED) is 0.611. The fraction of sp³-hybridized carbons (Fsp3) is 0.217. The van der Waals surface area contributed by atoms with Crippen molar-refractivity contribution in [2.45, 2.75) is 19.5 Å². The van der Waals surface area contributed by atoms with Crippen molar-refractivity contribution in [3.63, 3.8) is 0 Å². The highest BCUT2D eigenvalue weighted by atomic mass is 19.1. The third kappa shape index (κ3) is 4.66. The molecule has 0 aromatic heterocycles. The molecule has 0 fully saturated rings. The molecule has 0 bridgehead atoms. The van der Waals surface area contributed by atoms with E-state index in [4.69, 9.17) is 9.47 Å². The number of methoxy groups -OCH3 is 2. The van der Waals surface area contributed by atoms with Crippen molar-refractivity contribution >= 4 is 0 Å². The summed E-state index contributed by atoms with van der Waals surface area (Å²) in [5, 5.41) is 3.48. The molecule has 3 aromatic carbocycles. The molecule has 0 aliphatic carbocycles. The first-order valence-corrected chi connectivity index (χ1v) is 8.91. The Kier molecular flexibility index (Phi) is 6.09. The summed E-state index contributed by atoms with van der Waals surface area (Å²) in [4.78, 5) is 0. The third-order valence-electron chi connectivity index (χ3n) is 4.64. The van der Waals surface area contributed by atoms with E-state index in [9.17, 15) is 4.39 Å². The van der Waals surface area contributed by atoms with Crippen LogP contribution in [0, 0.1) is 5.82 Å². The van der Waals surface area contributed by atoms with Crippen molar-refractivity contribution < 1.29 is 13.9 Å². The summed E-state index contributed by atoms with van der Waals surface area (Å²) < 4.78 is 24.8. The summed E-state index contributed by atoms with van der Waals surface area (Å²) in [5.74, 6) is 1.36. The van der Waals surface area contributed by atoms with Crippen molar-refractivity contribution in [2.75, 3.05) is 14.2 Å². The van der Waals surface area contributed by atoms with E-state index in [1.165, 1.54) is 6.07 Å². The number of benzene rings is 3. The molecule has 0 aliphatic rings. The summed E-state index contributed by atoms with van der Waals surface area (Å²) in [6.07, 6.45) is 0. The SMILES string of the molecule is COc1ccc(-c2cc(CNC(C)c3cccc(OC)c3)ccc2F)cc1. The topological polar surface area (TPSA) is 30.5 Å². The van der Waals surface area contributed by atoms with E-state index in [0.717, 1.165) is 28.2 Å². The van der Waals surface area contributed by atoms with Crippen LogP contribution in [0.25, 0.3) is 11.1 Å². The highest BCUT2D eigenvalue weighted by Gasteiger charge is 2.09. The van der Waals surface area contributed by atoms with Crippen LogP contribution in [0.1, 0.15) is 24.1 Å². The predicted octanol–water partition coefficient (Wildman–Crippen LogP) is 5.36. The van der Waals surface area contributed by atoms with Gasteiger partial charge in [-0.25, -0.2) is 4.39 Å². The molecule has 3 aromatic rings. The van der Waals surface area contributed by atoms with Gasteiger partial charge in [-0.3, -0.25) is 0 Å². The average molecular weight is 365 g/mol. The van der Waals surface area contributed by atoms with Gasteiger partial charge in [-0.05, 0) is 60.0 Å². The number of halogens is 1. The summed E-state index contributed by atoms with van der Waals surface area (Å²) in [5.41, 5.74) is 3.59. The molecular formula is C23H24FNO2. The Bertz CT molecular complexity index is 893. The molecule has 1 N–H and O–H groups in total. The monoisotopic (exact) mass is 365 g/mol. The molecule has 1 atom stereocenters. The van der Waals surface area contributed by atoms with Crippen LogP contribution < -0.4 is 14.8 Å². The molecule has 0 aliphatic heterocycles. The van der Waals surface area contributed by atoms with Crippen LogP contribution in [-0.2, 0) is 6.54 Å². The van der Waals surface area contributed by atoms with Gasteiger partial charge in [0.2, 0.25) is 0 Å². The summed E-state index contributed by atoms with van der Waals surface area (Å²) in [7, 11) is 3.28. The summed E-state index contributed by atoms with van der Waals surface area (Å²) in [6.45, 7) is 2.74. The molecular weight excluding hydrogens is 341 g/mol. The van der Waals surface area contributed by atoms with E-state index >= 15 is 0 Å². The molecule has 0 heterocycles. The van der Waals surface area contributed by atoms with Gasteiger partial charge in [0.05, 0.1) is 14.2 Å².